The molecule has 5 nitrogen and oxygen atoms in total. The number of benzene rings is 1. The Kier molecular flexibility index (Phi) is 4.74. The average Bonchev–Trinajstić information content (AvgIpc) is 2.47. The van der Waals surface area contributed by atoms with Gasteiger partial charge < -0.3 is 15.0 Å². The zero-order chi connectivity index (χ0) is 14.5. The number of amides is 2. The molecule has 2 amide bonds. The summed E-state index contributed by atoms with van der Waals surface area (Å²) in [6.07, 6.45) is 0. The van der Waals surface area contributed by atoms with E-state index in [1.54, 1.807) is 0 Å². The highest BCUT2D eigenvalue weighted by atomic mass is 16.5. The van der Waals surface area contributed by atoms with E-state index >= 15 is 0 Å². The molecule has 1 aliphatic heterocycles. The number of nitrogens with zero attached hydrogens (tertiary/aromatic N) is 1. The van der Waals surface area contributed by atoms with E-state index in [1.807, 2.05) is 24.3 Å². The number of anilines is 1. The van der Waals surface area contributed by atoms with Crippen molar-refractivity contribution in [2.45, 2.75) is 19.8 Å². The molecule has 1 N–H and O–H groups in total. The normalized spacial score (nSPS) is 15.2. The third kappa shape index (κ3) is 3.36. The molecule has 1 aromatic carbocycles. The predicted molar refractivity (Wildman–Crippen MR) is 76.6 cm³/mol. The molecule has 0 atom stereocenters. The molecule has 0 bridgehead atoms. The van der Waals surface area contributed by atoms with Gasteiger partial charge in [-0.3, -0.25) is 9.59 Å². The van der Waals surface area contributed by atoms with E-state index in [0.29, 0.717) is 32.0 Å². The lowest BCUT2D eigenvalue weighted by Gasteiger charge is -2.26. The molecule has 108 valence electrons. The molecule has 1 aliphatic rings. The van der Waals surface area contributed by atoms with Crippen LogP contribution in [0, 0.1) is 0 Å². The number of carbonyl (C=O) groups is 2. The van der Waals surface area contributed by atoms with E-state index < -0.39 is 11.8 Å². The monoisotopic (exact) mass is 276 g/mol. The Bertz CT molecular complexity index is 494. The summed E-state index contributed by atoms with van der Waals surface area (Å²) in [6.45, 7) is 6.02. The lowest BCUT2D eigenvalue weighted by atomic mass is 10.0. The van der Waals surface area contributed by atoms with Gasteiger partial charge in [0.2, 0.25) is 0 Å². The van der Waals surface area contributed by atoms with Crippen LogP contribution in [0.25, 0.3) is 0 Å². The van der Waals surface area contributed by atoms with E-state index in [2.05, 4.69) is 19.2 Å². The summed E-state index contributed by atoms with van der Waals surface area (Å²) >= 11 is 0. The Balaban J connectivity index is 2.05. The lowest BCUT2D eigenvalue weighted by molar-refractivity contribution is -0.145. The van der Waals surface area contributed by atoms with Crippen molar-refractivity contribution in [2.24, 2.45) is 0 Å². The molecule has 0 aromatic heterocycles. The van der Waals surface area contributed by atoms with E-state index in [0.717, 1.165) is 5.56 Å². The fourth-order valence-corrected chi connectivity index (χ4v) is 2.20. The second-order valence-electron chi connectivity index (χ2n) is 5.10. The summed E-state index contributed by atoms with van der Waals surface area (Å²) < 4.78 is 5.17. The molecule has 0 spiro atoms. The van der Waals surface area contributed by atoms with Gasteiger partial charge >= 0.3 is 11.8 Å². The minimum atomic E-state index is -0.583. The minimum Gasteiger partial charge on any atom is -0.378 e. The van der Waals surface area contributed by atoms with Crippen LogP contribution in [0.4, 0.5) is 5.69 Å². The number of rotatable bonds is 2. The SMILES string of the molecule is CC(C)c1ccccc1NC(=O)C(=O)N1CCOCC1. The van der Waals surface area contributed by atoms with Crippen LogP contribution in [0.15, 0.2) is 24.3 Å². The Hall–Kier alpha value is -1.88. The minimum absolute atomic E-state index is 0.282. The molecule has 0 saturated carbocycles. The van der Waals surface area contributed by atoms with Gasteiger partial charge in [-0.1, -0.05) is 32.0 Å². The molecular formula is C15H20N2O3. The van der Waals surface area contributed by atoms with Gasteiger partial charge in [0.25, 0.3) is 0 Å². The number of morpholine rings is 1. The summed E-state index contributed by atoms with van der Waals surface area (Å²) in [4.78, 5) is 25.6. The van der Waals surface area contributed by atoms with Crippen LogP contribution in [0.2, 0.25) is 0 Å². The van der Waals surface area contributed by atoms with Crippen LogP contribution in [0.3, 0.4) is 0 Å². The van der Waals surface area contributed by atoms with E-state index in [-0.39, 0.29) is 5.92 Å². The zero-order valence-corrected chi connectivity index (χ0v) is 11.9. The van der Waals surface area contributed by atoms with Crippen molar-refractivity contribution >= 4 is 17.5 Å². The maximum Gasteiger partial charge on any atom is 0.313 e. The average molecular weight is 276 g/mol. The van der Waals surface area contributed by atoms with Gasteiger partial charge in [0.05, 0.1) is 13.2 Å². The van der Waals surface area contributed by atoms with Gasteiger partial charge in [0, 0.05) is 18.8 Å². The van der Waals surface area contributed by atoms with Crippen molar-refractivity contribution < 1.29 is 14.3 Å². The van der Waals surface area contributed by atoms with Gasteiger partial charge in [0.1, 0.15) is 0 Å². The molecule has 1 aromatic rings. The van der Waals surface area contributed by atoms with Gasteiger partial charge in [-0.05, 0) is 17.5 Å². The van der Waals surface area contributed by atoms with Crippen molar-refractivity contribution in [3.63, 3.8) is 0 Å². The zero-order valence-electron chi connectivity index (χ0n) is 11.9. The van der Waals surface area contributed by atoms with Crippen LogP contribution in [-0.2, 0) is 14.3 Å². The highest BCUT2D eigenvalue weighted by Crippen LogP contribution is 2.23. The topological polar surface area (TPSA) is 58.6 Å². The van der Waals surface area contributed by atoms with Crippen molar-refractivity contribution in [3.8, 4) is 0 Å². The molecular weight excluding hydrogens is 256 g/mol. The predicted octanol–water partition coefficient (Wildman–Crippen LogP) is 1.61. The van der Waals surface area contributed by atoms with E-state index in [4.69, 9.17) is 4.74 Å². The Morgan fingerprint density at radius 3 is 2.50 bits per heavy atom. The fraction of sp³-hybridized carbons (Fsp3) is 0.467. The quantitative estimate of drug-likeness (QED) is 0.835. The molecule has 1 heterocycles. The smallest absolute Gasteiger partial charge is 0.313 e. The first kappa shape index (κ1) is 14.5. The number of para-hydroxylation sites is 1. The highest BCUT2D eigenvalue weighted by molar-refractivity contribution is 6.39. The maximum atomic E-state index is 12.0. The first-order valence-corrected chi connectivity index (χ1v) is 6.86. The molecule has 1 saturated heterocycles. The number of hydrogen-bond donors (Lipinski definition) is 1. The largest absolute Gasteiger partial charge is 0.378 e. The second kappa shape index (κ2) is 6.52. The highest BCUT2D eigenvalue weighted by Gasteiger charge is 2.24. The summed E-state index contributed by atoms with van der Waals surface area (Å²) in [5.74, 6) is -0.795. The molecule has 2 rings (SSSR count). The Morgan fingerprint density at radius 1 is 1.20 bits per heavy atom. The number of carbonyl (C=O) groups excluding carboxylic acids is 2. The molecule has 0 radical (unpaired) electrons. The van der Waals surface area contributed by atoms with E-state index in [9.17, 15) is 9.59 Å². The lowest BCUT2D eigenvalue weighted by Crippen LogP contribution is -2.45. The van der Waals surface area contributed by atoms with Crippen LogP contribution in [0.5, 0.6) is 0 Å². The third-order valence-electron chi connectivity index (χ3n) is 3.32. The number of nitrogens with one attached hydrogen (secondary N) is 1. The number of ether oxygens (including phenoxy) is 1. The van der Waals surface area contributed by atoms with Crippen LogP contribution in [0.1, 0.15) is 25.3 Å². The van der Waals surface area contributed by atoms with Crippen molar-refractivity contribution in [1.82, 2.24) is 4.90 Å². The number of hydrogen-bond acceptors (Lipinski definition) is 3. The van der Waals surface area contributed by atoms with Gasteiger partial charge in [-0.2, -0.15) is 0 Å². The molecule has 20 heavy (non-hydrogen) atoms. The summed E-state index contributed by atoms with van der Waals surface area (Å²) in [5, 5.41) is 2.72. The maximum absolute atomic E-state index is 12.0. The van der Waals surface area contributed by atoms with Crippen LogP contribution >= 0.6 is 0 Å². The summed E-state index contributed by atoms with van der Waals surface area (Å²) in [6, 6.07) is 7.55. The van der Waals surface area contributed by atoms with Crippen molar-refractivity contribution in [2.75, 3.05) is 31.6 Å². The Morgan fingerprint density at radius 2 is 1.85 bits per heavy atom. The molecule has 1 fully saturated rings. The molecule has 0 unspecified atom stereocenters. The molecule has 5 heteroatoms. The van der Waals surface area contributed by atoms with E-state index in [1.165, 1.54) is 4.90 Å². The molecule has 0 aliphatic carbocycles. The first-order chi connectivity index (χ1) is 9.59. The van der Waals surface area contributed by atoms with Crippen LogP contribution in [-0.4, -0.2) is 43.0 Å². The van der Waals surface area contributed by atoms with Crippen LogP contribution < -0.4 is 5.32 Å². The summed E-state index contributed by atoms with van der Waals surface area (Å²) in [5.41, 5.74) is 1.73. The van der Waals surface area contributed by atoms with Crippen molar-refractivity contribution in [3.05, 3.63) is 29.8 Å². The fourth-order valence-electron chi connectivity index (χ4n) is 2.20. The first-order valence-electron chi connectivity index (χ1n) is 6.86. The third-order valence-corrected chi connectivity index (χ3v) is 3.32. The van der Waals surface area contributed by atoms with Gasteiger partial charge in [-0.25, -0.2) is 0 Å². The Labute approximate surface area is 118 Å². The second-order valence-corrected chi connectivity index (χ2v) is 5.10. The summed E-state index contributed by atoms with van der Waals surface area (Å²) in [7, 11) is 0. The van der Waals surface area contributed by atoms with Crippen molar-refractivity contribution in [1.29, 1.82) is 0 Å². The van der Waals surface area contributed by atoms with Gasteiger partial charge in [0.15, 0.2) is 0 Å². The van der Waals surface area contributed by atoms with Gasteiger partial charge in [-0.15, -0.1) is 0 Å². The standard InChI is InChI=1S/C15H20N2O3/c1-11(2)12-5-3-4-6-13(12)16-14(18)15(19)17-7-9-20-10-8-17/h3-6,11H,7-10H2,1-2H3,(H,16,18).